The van der Waals surface area contributed by atoms with Crippen LogP contribution in [-0.2, 0) is 6.54 Å². The molecule has 0 saturated carbocycles. The van der Waals surface area contributed by atoms with E-state index in [-0.39, 0.29) is 5.88 Å². The molecule has 1 aromatic heterocycles. The zero-order chi connectivity index (χ0) is 6.85. The molecule has 1 heterocycles. The van der Waals surface area contributed by atoms with Gasteiger partial charge in [-0.2, -0.15) is 0 Å². The first-order valence-corrected chi connectivity index (χ1v) is 3.13. The second-order valence-corrected chi connectivity index (χ2v) is 2.12. The Kier molecular flexibility index (Phi) is 1.57. The van der Waals surface area contributed by atoms with Gasteiger partial charge in [-0.25, -0.2) is 0 Å². The Bertz CT molecular complexity index is 250. The lowest BCUT2D eigenvalue weighted by molar-refractivity contribution is 0.455. The summed E-state index contributed by atoms with van der Waals surface area (Å²) >= 11 is 4.82. The van der Waals surface area contributed by atoms with Crippen LogP contribution >= 0.6 is 12.2 Å². The number of hydrogen-bond acceptors (Lipinski definition) is 2. The van der Waals surface area contributed by atoms with E-state index in [1.807, 2.05) is 6.92 Å². The number of aryl methyl sites for hydroxylation is 1. The molecular formula is C5H8N2OS. The van der Waals surface area contributed by atoms with E-state index in [9.17, 15) is 0 Å². The van der Waals surface area contributed by atoms with Crippen LogP contribution in [0.5, 0.6) is 5.88 Å². The maximum atomic E-state index is 8.82. The van der Waals surface area contributed by atoms with Crippen molar-refractivity contribution in [1.29, 1.82) is 0 Å². The van der Waals surface area contributed by atoms with Gasteiger partial charge in [-0.05, 0) is 19.1 Å². The average Bonchev–Trinajstić information content (AvgIpc) is 2.10. The molecule has 0 spiro atoms. The van der Waals surface area contributed by atoms with Gasteiger partial charge < -0.3 is 14.7 Å². The third-order valence-electron chi connectivity index (χ3n) is 1.11. The Balaban J connectivity index is 3.16. The highest BCUT2D eigenvalue weighted by Gasteiger charge is 1.92. The summed E-state index contributed by atoms with van der Waals surface area (Å²) in [6, 6.07) is 0. The number of rotatable bonds is 1. The molecule has 2 N–H and O–H groups in total. The van der Waals surface area contributed by atoms with Crippen molar-refractivity contribution in [2.45, 2.75) is 13.5 Å². The number of aromatic amines is 1. The largest absolute Gasteiger partial charge is 0.493 e. The monoisotopic (exact) mass is 144 g/mol. The predicted molar refractivity (Wildman–Crippen MR) is 37.0 cm³/mol. The highest BCUT2D eigenvalue weighted by molar-refractivity contribution is 7.71. The number of aromatic nitrogens is 2. The second kappa shape index (κ2) is 2.23. The standard InChI is InChI=1S/C5H8N2OS/c1-2-7-3-4(8)6-5(7)9/h3,8H,2H2,1H3,(H,6,9). The fourth-order valence-corrected chi connectivity index (χ4v) is 0.941. The number of imidazole rings is 1. The van der Waals surface area contributed by atoms with Gasteiger partial charge in [-0.15, -0.1) is 0 Å². The summed E-state index contributed by atoms with van der Waals surface area (Å²) < 4.78 is 2.32. The van der Waals surface area contributed by atoms with Crippen LogP contribution in [0.4, 0.5) is 0 Å². The van der Waals surface area contributed by atoms with Crippen LogP contribution in [0.3, 0.4) is 0 Å². The van der Waals surface area contributed by atoms with Crippen LogP contribution in [0, 0.1) is 4.77 Å². The first-order valence-electron chi connectivity index (χ1n) is 2.72. The van der Waals surface area contributed by atoms with Crippen LogP contribution in [-0.4, -0.2) is 14.7 Å². The smallest absolute Gasteiger partial charge is 0.207 e. The Morgan fingerprint density at radius 3 is 2.78 bits per heavy atom. The minimum atomic E-state index is 0.127. The van der Waals surface area contributed by atoms with Crippen LogP contribution in [0.25, 0.3) is 0 Å². The number of nitrogens with one attached hydrogen (secondary N) is 1. The predicted octanol–water partition coefficient (Wildman–Crippen LogP) is 1.27. The van der Waals surface area contributed by atoms with Crippen molar-refractivity contribution in [3.8, 4) is 5.88 Å². The van der Waals surface area contributed by atoms with Gasteiger partial charge in [0, 0.05) is 6.54 Å². The Morgan fingerprint density at radius 1 is 1.89 bits per heavy atom. The number of nitrogens with zero attached hydrogens (tertiary/aromatic N) is 1. The molecule has 0 saturated heterocycles. The third kappa shape index (κ3) is 1.13. The lowest BCUT2D eigenvalue weighted by Crippen LogP contribution is -1.89. The molecule has 0 amide bonds. The van der Waals surface area contributed by atoms with Crippen molar-refractivity contribution in [3.05, 3.63) is 11.0 Å². The SMILES string of the molecule is CCn1cc(O)[nH]c1=S. The van der Waals surface area contributed by atoms with E-state index in [2.05, 4.69) is 4.98 Å². The average molecular weight is 144 g/mol. The lowest BCUT2D eigenvalue weighted by atomic mass is 10.7. The van der Waals surface area contributed by atoms with Gasteiger partial charge in [0.2, 0.25) is 5.88 Å². The molecule has 3 nitrogen and oxygen atoms in total. The molecule has 0 aromatic carbocycles. The molecule has 0 aliphatic carbocycles. The van der Waals surface area contributed by atoms with Crippen molar-refractivity contribution in [2.24, 2.45) is 0 Å². The van der Waals surface area contributed by atoms with Crippen molar-refractivity contribution in [1.82, 2.24) is 9.55 Å². The van der Waals surface area contributed by atoms with E-state index >= 15 is 0 Å². The summed E-state index contributed by atoms with van der Waals surface area (Å²) in [5.41, 5.74) is 0. The summed E-state index contributed by atoms with van der Waals surface area (Å²) in [4.78, 5) is 2.59. The van der Waals surface area contributed by atoms with Gasteiger partial charge in [0.15, 0.2) is 4.77 Å². The van der Waals surface area contributed by atoms with Gasteiger partial charge in [-0.1, -0.05) is 0 Å². The van der Waals surface area contributed by atoms with Crippen LogP contribution in [0.1, 0.15) is 6.92 Å². The number of aromatic hydroxyl groups is 1. The lowest BCUT2D eigenvalue weighted by Gasteiger charge is -1.89. The molecule has 0 aliphatic heterocycles. The molecule has 1 rings (SSSR count). The molecule has 9 heavy (non-hydrogen) atoms. The highest BCUT2D eigenvalue weighted by atomic mass is 32.1. The van der Waals surface area contributed by atoms with Gasteiger partial charge >= 0.3 is 0 Å². The Morgan fingerprint density at radius 2 is 2.56 bits per heavy atom. The van der Waals surface area contributed by atoms with E-state index in [0.717, 1.165) is 6.54 Å². The van der Waals surface area contributed by atoms with Crippen LogP contribution in [0.15, 0.2) is 6.20 Å². The van der Waals surface area contributed by atoms with Gasteiger partial charge in [0.1, 0.15) is 0 Å². The fraction of sp³-hybridized carbons (Fsp3) is 0.400. The normalized spacial score (nSPS) is 9.89. The minimum Gasteiger partial charge on any atom is -0.493 e. The maximum Gasteiger partial charge on any atom is 0.207 e. The summed E-state index contributed by atoms with van der Waals surface area (Å²) in [6.45, 7) is 2.75. The van der Waals surface area contributed by atoms with E-state index in [1.54, 1.807) is 10.8 Å². The zero-order valence-corrected chi connectivity index (χ0v) is 5.90. The zero-order valence-electron chi connectivity index (χ0n) is 5.09. The quantitative estimate of drug-likeness (QED) is 0.583. The van der Waals surface area contributed by atoms with E-state index in [4.69, 9.17) is 17.3 Å². The highest BCUT2D eigenvalue weighted by Crippen LogP contribution is 2.03. The molecule has 0 bridgehead atoms. The fourth-order valence-electron chi connectivity index (χ4n) is 0.655. The Hall–Kier alpha value is -0.770. The molecule has 0 aliphatic rings. The van der Waals surface area contributed by atoms with Crippen molar-refractivity contribution in [3.63, 3.8) is 0 Å². The van der Waals surface area contributed by atoms with E-state index in [0.29, 0.717) is 4.77 Å². The van der Waals surface area contributed by atoms with E-state index < -0.39 is 0 Å². The molecule has 1 aromatic rings. The summed E-state index contributed by atoms with van der Waals surface area (Å²) in [6.07, 6.45) is 1.57. The first-order chi connectivity index (χ1) is 4.24. The third-order valence-corrected chi connectivity index (χ3v) is 1.45. The summed E-state index contributed by atoms with van der Waals surface area (Å²) in [5.74, 6) is 0.127. The molecule has 0 radical (unpaired) electrons. The first kappa shape index (κ1) is 6.35. The minimum absolute atomic E-state index is 0.127. The topological polar surface area (TPSA) is 41.0 Å². The molecule has 0 fully saturated rings. The van der Waals surface area contributed by atoms with Gasteiger partial charge in [-0.3, -0.25) is 0 Å². The van der Waals surface area contributed by atoms with Gasteiger partial charge in [0.05, 0.1) is 6.20 Å². The summed E-state index contributed by atoms with van der Waals surface area (Å²) in [5, 5.41) is 8.82. The molecule has 4 heteroatoms. The van der Waals surface area contributed by atoms with Crippen molar-refractivity contribution in [2.75, 3.05) is 0 Å². The maximum absolute atomic E-state index is 8.82. The molecule has 50 valence electrons. The Labute approximate surface area is 58.0 Å². The molecular weight excluding hydrogens is 136 g/mol. The summed E-state index contributed by atoms with van der Waals surface area (Å²) in [7, 11) is 0. The number of H-pyrrole nitrogens is 1. The van der Waals surface area contributed by atoms with Crippen molar-refractivity contribution < 1.29 is 5.11 Å². The van der Waals surface area contributed by atoms with Crippen molar-refractivity contribution >= 4 is 12.2 Å². The second-order valence-electron chi connectivity index (χ2n) is 1.73. The van der Waals surface area contributed by atoms with Crippen LogP contribution in [0.2, 0.25) is 0 Å². The number of hydrogen-bond donors (Lipinski definition) is 2. The van der Waals surface area contributed by atoms with Crippen LogP contribution < -0.4 is 0 Å². The van der Waals surface area contributed by atoms with E-state index in [1.165, 1.54) is 0 Å². The molecule has 0 unspecified atom stereocenters. The molecule has 0 atom stereocenters. The van der Waals surface area contributed by atoms with Gasteiger partial charge in [0.25, 0.3) is 0 Å².